The van der Waals surface area contributed by atoms with Gasteiger partial charge in [-0.05, 0) is 31.8 Å². The van der Waals surface area contributed by atoms with Gasteiger partial charge in [0.15, 0.2) is 17.8 Å². The number of halogens is 2. The molecule has 0 unspecified atom stereocenters. The summed E-state index contributed by atoms with van der Waals surface area (Å²) in [5.41, 5.74) is -0.537. The monoisotopic (exact) mass is 336 g/mol. The average molecular weight is 337 g/mol. The van der Waals surface area contributed by atoms with Gasteiger partial charge in [-0.3, -0.25) is 0 Å². The van der Waals surface area contributed by atoms with Crippen molar-refractivity contribution < 1.29 is 8.91 Å². The van der Waals surface area contributed by atoms with Crippen LogP contribution in [0.3, 0.4) is 0 Å². The van der Waals surface area contributed by atoms with E-state index in [1.54, 1.807) is 6.07 Å². The Morgan fingerprint density at radius 1 is 1.57 bits per heavy atom. The lowest BCUT2D eigenvalue weighted by atomic mass is 9.95. The van der Waals surface area contributed by atoms with Crippen molar-refractivity contribution in [3.63, 3.8) is 0 Å². The largest absolute Gasteiger partial charge is 0.364 e. The third kappa shape index (κ3) is 3.85. The van der Waals surface area contributed by atoms with E-state index in [2.05, 4.69) is 10.5 Å². The Hall–Kier alpha value is -2.00. The van der Waals surface area contributed by atoms with Crippen molar-refractivity contribution in [2.24, 2.45) is 0 Å². The maximum atomic E-state index is 14.8. The number of nitrogens with one attached hydrogen (secondary N) is 1. The highest BCUT2D eigenvalue weighted by Crippen LogP contribution is 2.29. The third-order valence-electron chi connectivity index (χ3n) is 4.11. The molecule has 5 nitrogen and oxygen atoms in total. The SMILES string of the molecule is N#CN1CCC[C@](F)(CNc2cc(C3=CCCC(Cl)=C3)on2)C1. The van der Waals surface area contributed by atoms with Crippen LogP contribution in [0.1, 0.15) is 31.4 Å². The van der Waals surface area contributed by atoms with Gasteiger partial charge in [0.1, 0.15) is 5.67 Å². The highest BCUT2D eigenvalue weighted by Gasteiger charge is 2.35. The van der Waals surface area contributed by atoms with Crippen LogP contribution in [0.2, 0.25) is 0 Å². The summed E-state index contributed by atoms with van der Waals surface area (Å²) in [4.78, 5) is 1.46. The fourth-order valence-electron chi connectivity index (χ4n) is 2.90. The van der Waals surface area contributed by atoms with Gasteiger partial charge in [0, 0.05) is 23.2 Å². The van der Waals surface area contributed by atoms with Crippen LogP contribution in [0.25, 0.3) is 5.57 Å². The van der Waals surface area contributed by atoms with E-state index in [1.165, 1.54) is 4.90 Å². The van der Waals surface area contributed by atoms with Crippen molar-refractivity contribution in [1.82, 2.24) is 10.1 Å². The highest BCUT2D eigenvalue weighted by molar-refractivity contribution is 6.30. The third-order valence-corrected chi connectivity index (χ3v) is 4.41. The summed E-state index contributed by atoms with van der Waals surface area (Å²) in [6, 6.07) is 1.74. The van der Waals surface area contributed by atoms with Gasteiger partial charge in [0.2, 0.25) is 0 Å². The zero-order valence-corrected chi connectivity index (χ0v) is 13.4. The fraction of sp³-hybridized carbons (Fsp3) is 0.500. The van der Waals surface area contributed by atoms with Crippen LogP contribution in [-0.4, -0.2) is 35.4 Å². The van der Waals surface area contributed by atoms with E-state index in [9.17, 15) is 4.39 Å². The minimum atomic E-state index is -1.43. The van der Waals surface area contributed by atoms with Gasteiger partial charge in [-0.15, -0.1) is 0 Å². The van der Waals surface area contributed by atoms with E-state index in [0.29, 0.717) is 31.0 Å². The molecule has 0 aromatic carbocycles. The smallest absolute Gasteiger partial charge is 0.179 e. The normalized spacial score (nSPS) is 24.7. The predicted octanol–water partition coefficient (Wildman–Crippen LogP) is 3.67. The quantitative estimate of drug-likeness (QED) is 0.850. The molecule has 1 aliphatic heterocycles. The Bertz CT molecular complexity index is 678. The first-order valence-corrected chi connectivity index (χ1v) is 8.07. The fourth-order valence-corrected chi connectivity index (χ4v) is 3.12. The lowest BCUT2D eigenvalue weighted by molar-refractivity contribution is 0.0845. The molecule has 0 bridgehead atoms. The van der Waals surface area contributed by atoms with Crippen molar-refractivity contribution in [2.75, 3.05) is 25.0 Å². The summed E-state index contributed by atoms with van der Waals surface area (Å²) in [7, 11) is 0. The molecule has 7 heteroatoms. The first-order valence-electron chi connectivity index (χ1n) is 7.69. The number of alkyl halides is 1. The first-order chi connectivity index (χ1) is 11.1. The Kier molecular flexibility index (Phi) is 4.58. The Labute approximate surface area is 139 Å². The van der Waals surface area contributed by atoms with Gasteiger partial charge in [-0.1, -0.05) is 22.8 Å². The second-order valence-electron chi connectivity index (χ2n) is 6.00. The van der Waals surface area contributed by atoms with Crippen LogP contribution in [0.15, 0.2) is 27.8 Å². The van der Waals surface area contributed by atoms with Gasteiger partial charge >= 0.3 is 0 Å². The molecular formula is C16H18ClFN4O. The van der Waals surface area contributed by atoms with Crippen molar-refractivity contribution in [3.8, 4) is 6.19 Å². The number of allylic oxidation sites excluding steroid dienone is 4. The molecule has 0 saturated carbocycles. The lowest BCUT2D eigenvalue weighted by Gasteiger charge is -2.34. The van der Waals surface area contributed by atoms with Crippen molar-refractivity contribution in [2.45, 2.75) is 31.4 Å². The molecule has 1 fully saturated rings. The number of piperidine rings is 1. The number of nitrogens with zero attached hydrogens (tertiary/aromatic N) is 3. The van der Waals surface area contributed by atoms with Gasteiger partial charge in [0.25, 0.3) is 0 Å². The van der Waals surface area contributed by atoms with Crippen LogP contribution in [0.5, 0.6) is 0 Å². The molecule has 3 rings (SSSR count). The minimum Gasteiger partial charge on any atom is -0.364 e. The second-order valence-corrected chi connectivity index (χ2v) is 6.48. The van der Waals surface area contributed by atoms with Crippen LogP contribution in [0.4, 0.5) is 10.2 Å². The molecule has 2 aliphatic rings. The molecule has 1 atom stereocenters. The molecule has 2 heterocycles. The summed E-state index contributed by atoms with van der Waals surface area (Å²) in [6.07, 6.45) is 8.73. The average Bonchev–Trinajstić information content (AvgIpc) is 3.02. The van der Waals surface area contributed by atoms with Gasteiger partial charge in [-0.2, -0.15) is 5.26 Å². The molecule has 1 saturated heterocycles. The number of hydrogen-bond donors (Lipinski definition) is 1. The molecule has 1 aromatic rings. The van der Waals surface area contributed by atoms with E-state index in [0.717, 1.165) is 23.4 Å². The van der Waals surface area contributed by atoms with Crippen molar-refractivity contribution >= 4 is 23.0 Å². The summed E-state index contributed by atoms with van der Waals surface area (Å²) in [6.45, 7) is 0.842. The summed E-state index contributed by atoms with van der Waals surface area (Å²) in [5.74, 6) is 1.10. The van der Waals surface area contributed by atoms with Crippen molar-refractivity contribution in [1.29, 1.82) is 5.26 Å². The molecular weight excluding hydrogens is 319 g/mol. The Morgan fingerprint density at radius 2 is 2.43 bits per heavy atom. The van der Waals surface area contributed by atoms with Crippen LogP contribution in [0, 0.1) is 11.5 Å². The van der Waals surface area contributed by atoms with E-state index in [1.807, 2.05) is 18.3 Å². The maximum absolute atomic E-state index is 14.8. The van der Waals surface area contributed by atoms with Crippen molar-refractivity contribution in [3.05, 3.63) is 29.0 Å². The predicted molar refractivity (Wildman–Crippen MR) is 86.4 cm³/mol. The van der Waals surface area contributed by atoms with Gasteiger partial charge in [0.05, 0.1) is 13.1 Å². The van der Waals surface area contributed by atoms with E-state index >= 15 is 0 Å². The van der Waals surface area contributed by atoms with Crippen LogP contribution in [-0.2, 0) is 0 Å². The molecule has 23 heavy (non-hydrogen) atoms. The Morgan fingerprint density at radius 3 is 3.22 bits per heavy atom. The highest BCUT2D eigenvalue weighted by atomic mass is 35.5. The topological polar surface area (TPSA) is 65.1 Å². The van der Waals surface area contributed by atoms with Crippen LogP contribution < -0.4 is 5.32 Å². The lowest BCUT2D eigenvalue weighted by Crippen LogP contribution is -2.47. The number of aromatic nitrogens is 1. The number of likely N-dealkylation sites (tertiary alicyclic amines) is 1. The number of rotatable bonds is 4. The summed E-state index contributed by atoms with van der Waals surface area (Å²) >= 11 is 6.04. The van der Waals surface area contributed by atoms with Gasteiger partial charge in [-0.25, -0.2) is 4.39 Å². The zero-order chi connectivity index (χ0) is 16.3. The van der Waals surface area contributed by atoms with E-state index < -0.39 is 5.67 Å². The molecule has 1 aromatic heterocycles. The zero-order valence-electron chi connectivity index (χ0n) is 12.7. The minimum absolute atomic E-state index is 0.104. The van der Waals surface area contributed by atoms with E-state index in [-0.39, 0.29) is 13.1 Å². The number of nitriles is 1. The molecule has 1 aliphatic carbocycles. The molecule has 122 valence electrons. The molecule has 0 radical (unpaired) electrons. The second kappa shape index (κ2) is 6.63. The molecule has 1 N–H and O–H groups in total. The summed E-state index contributed by atoms with van der Waals surface area (Å²) < 4.78 is 20.1. The summed E-state index contributed by atoms with van der Waals surface area (Å²) in [5, 5.41) is 16.6. The van der Waals surface area contributed by atoms with Crippen LogP contribution >= 0.6 is 11.6 Å². The first kappa shape index (κ1) is 15.9. The number of anilines is 1. The maximum Gasteiger partial charge on any atom is 0.179 e. The standard InChI is InChI=1S/C16H18ClFN4O/c17-13-4-1-3-12(7-13)14-8-15(21-23-14)20-9-16(18)5-2-6-22(10-16)11-19/h3,7-8H,1-2,4-6,9-10H2,(H,20,21)/t16-/m0/s1. The Balaban J connectivity index is 1.61. The van der Waals surface area contributed by atoms with Gasteiger partial charge < -0.3 is 14.7 Å². The molecule has 0 amide bonds. The van der Waals surface area contributed by atoms with E-state index in [4.69, 9.17) is 21.4 Å². The molecule has 0 spiro atoms. The number of hydrogen-bond acceptors (Lipinski definition) is 5.